The van der Waals surface area contributed by atoms with Gasteiger partial charge in [0.05, 0.1) is 11.4 Å². The van der Waals surface area contributed by atoms with E-state index in [1.807, 2.05) is 36.4 Å². The first-order valence-electron chi connectivity index (χ1n) is 9.34. The molecule has 0 spiro atoms. The van der Waals surface area contributed by atoms with Gasteiger partial charge >= 0.3 is 0 Å². The van der Waals surface area contributed by atoms with Crippen molar-refractivity contribution in [3.8, 4) is 17.0 Å². The maximum atomic E-state index is 10.1. The summed E-state index contributed by atoms with van der Waals surface area (Å²) >= 11 is 0. The summed E-state index contributed by atoms with van der Waals surface area (Å²) in [5.41, 5.74) is 2.83. The third-order valence-electron chi connectivity index (χ3n) is 5.13. The number of anilines is 2. The average molecular weight is 372 g/mol. The smallest absolute Gasteiger partial charge is 0.254 e. The molecule has 28 heavy (non-hydrogen) atoms. The Morgan fingerprint density at radius 3 is 2.32 bits per heavy atom. The molecule has 0 bridgehead atoms. The van der Waals surface area contributed by atoms with E-state index in [0.29, 0.717) is 11.5 Å². The molecule has 1 aliphatic rings. The van der Waals surface area contributed by atoms with Crippen molar-refractivity contribution in [2.24, 2.45) is 0 Å². The fourth-order valence-electron chi connectivity index (χ4n) is 3.69. The third-order valence-corrected chi connectivity index (χ3v) is 5.13. The number of nitrogens with zero attached hydrogens (tertiary/aromatic N) is 6. The van der Waals surface area contributed by atoms with Crippen molar-refractivity contribution in [2.75, 3.05) is 36.0 Å². The predicted octanol–water partition coefficient (Wildman–Crippen LogP) is 2.82. The van der Waals surface area contributed by atoms with E-state index >= 15 is 0 Å². The van der Waals surface area contributed by atoms with Gasteiger partial charge in [-0.15, -0.1) is 0 Å². The van der Waals surface area contributed by atoms with E-state index in [0.717, 1.165) is 48.9 Å². The van der Waals surface area contributed by atoms with Gasteiger partial charge in [-0.1, -0.05) is 42.5 Å². The van der Waals surface area contributed by atoms with Crippen LogP contribution in [0.3, 0.4) is 0 Å². The molecule has 3 heterocycles. The molecular formula is C21H20N6O. The first-order valence-corrected chi connectivity index (χ1v) is 9.34. The van der Waals surface area contributed by atoms with Gasteiger partial charge in [0.25, 0.3) is 5.78 Å². The monoisotopic (exact) mass is 372 g/mol. The van der Waals surface area contributed by atoms with Gasteiger partial charge in [0.1, 0.15) is 17.9 Å². The van der Waals surface area contributed by atoms with E-state index in [9.17, 15) is 5.11 Å². The van der Waals surface area contributed by atoms with Gasteiger partial charge in [-0.2, -0.15) is 14.6 Å². The van der Waals surface area contributed by atoms with Gasteiger partial charge in [-0.25, -0.2) is 4.98 Å². The van der Waals surface area contributed by atoms with Crippen LogP contribution in [-0.4, -0.2) is 50.9 Å². The zero-order valence-electron chi connectivity index (χ0n) is 15.3. The Kier molecular flexibility index (Phi) is 4.05. The van der Waals surface area contributed by atoms with E-state index < -0.39 is 0 Å². The van der Waals surface area contributed by atoms with Crippen molar-refractivity contribution < 1.29 is 5.11 Å². The van der Waals surface area contributed by atoms with Gasteiger partial charge in [-0.3, -0.25) is 0 Å². The highest BCUT2D eigenvalue weighted by Crippen LogP contribution is 2.29. The van der Waals surface area contributed by atoms with E-state index in [4.69, 9.17) is 0 Å². The molecule has 5 rings (SSSR count). The highest BCUT2D eigenvalue weighted by molar-refractivity contribution is 5.66. The van der Waals surface area contributed by atoms with E-state index in [1.54, 1.807) is 16.9 Å². The second-order valence-electron chi connectivity index (χ2n) is 6.80. The van der Waals surface area contributed by atoms with Crippen molar-refractivity contribution in [3.05, 3.63) is 67.0 Å². The topological polar surface area (TPSA) is 69.8 Å². The zero-order chi connectivity index (χ0) is 18.9. The van der Waals surface area contributed by atoms with Crippen LogP contribution in [0.1, 0.15) is 0 Å². The number of benzene rings is 2. The van der Waals surface area contributed by atoms with Crippen LogP contribution in [0, 0.1) is 0 Å². The minimum absolute atomic E-state index is 0.324. The summed E-state index contributed by atoms with van der Waals surface area (Å²) in [6.07, 6.45) is 1.54. The van der Waals surface area contributed by atoms with Gasteiger partial charge < -0.3 is 14.9 Å². The first-order chi connectivity index (χ1) is 13.8. The largest absolute Gasteiger partial charge is 0.506 e. The summed E-state index contributed by atoms with van der Waals surface area (Å²) in [4.78, 5) is 13.5. The normalized spacial score (nSPS) is 14.6. The number of fused-ring (bicyclic) bond motifs is 1. The second kappa shape index (κ2) is 6.84. The molecule has 0 amide bonds. The lowest BCUT2D eigenvalue weighted by Crippen LogP contribution is -2.47. The number of aromatic hydroxyl groups is 1. The maximum Gasteiger partial charge on any atom is 0.254 e. The summed E-state index contributed by atoms with van der Waals surface area (Å²) < 4.78 is 1.79. The van der Waals surface area contributed by atoms with Crippen LogP contribution in [-0.2, 0) is 0 Å². The lowest BCUT2D eigenvalue weighted by molar-refractivity contribution is 0.472. The van der Waals surface area contributed by atoms with E-state index in [2.05, 4.69) is 43.1 Å². The fraction of sp³-hybridized carbons (Fsp3) is 0.190. The molecule has 0 unspecified atom stereocenters. The molecule has 0 aliphatic carbocycles. The van der Waals surface area contributed by atoms with Crippen molar-refractivity contribution in [1.29, 1.82) is 0 Å². The predicted molar refractivity (Wildman–Crippen MR) is 109 cm³/mol. The van der Waals surface area contributed by atoms with Gasteiger partial charge in [0.15, 0.2) is 0 Å². The van der Waals surface area contributed by atoms with Crippen LogP contribution < -0.4 is 9.80 Å². The van der Waals surface area contributed by atoms with Crippen molar-refractivity contribution in [3.63, 3.8) is 0 Å². The highest BCUT2D eigenvalue weighted by atomic mass is 16.3. The molecule has 2 aromatic carbocycles. The molecule has 2 aromatic heterocycles. The van der Waals surface area contributed by atoms with Gasteiger partial charge in [-0.05, 0) is 12.1 Å². The number of aromatic nitrogens is 4. The Bertz CT molecular complexity index is 1100. The number of phenols is 1. The van der Waals surface area contributed by atoms with Crippen LogP contribution in [0.15, 0.2) is 67.0 Å². The SMILES string of the molecule is Oc1ccccc1N1CCN(c2cc(-c3ccccc3)nc3ncnn23)CC1. The summed E-state index contributed by atoms with van der Waals surface area (Å²) in [5, 5.41) is 14.5. The number of phenolic OH excluding ortho intramolecular Hbond substituents is 1. The Morgan fingerprint density at radius 1 is 0.821 bits per heavy atom. The number of para-hydroxylation sites is 2. The van der Waals surface area contributed by atoms with Gasteiger partial charge in [0.2, 0.25) is 0 Å². The molecule has 0 radical (unpaired) electrons. The summed E-state index contributed by atoms with van der Waals surface area (Å²) in [6.45, 7) is 3.27. The molecule has 7 nitrogen and oxygen atoms in total. The summed E-state index contributed by atoms with van der Waals surface area (Å²) in [5.74, 6) is 1.91. The summed E-state index contributed by atoms with van der Waals surface area (Å²) in [7, 11) is 0. The standard InChI is InChI=1S/C21H20N6O/c28-19-9-5-4-8-18(19)25-10-12-26(13-11-25)20-14-17(16-6-2-1-3-7-16)24-21-22-15-23-27(20)21/h1-9,14-15,28H,10-13H2. The Morgan fingerprint density at radius 2 is 1.54 bits per heavy atom. The molecular weight excluding hydrogens is 352 g/mol. The Hall–Kier alpha value is -3.61. The van der Waals surface area contributed by atoms with Crippen LogP contribution in [0.4, 0.5) is 11.5 Å². The molecule has 1 N–H and O–H groups in total. The number of piperazine rings is 1. The minimum Gasteiger partial charge on any atom is -0.506 e. The van der Waals surface area contributed by atoms with Crippen molar-refractivity contribution in [2.45, 2.75) is 0 Å². The lowest BCUT2D eigenvalue weighted by atomic mass is 10.1. The highest BCUT2D eigenvalue weighted by Gasteiger charge is 2.22. The number of hydrogen-bond acceptors (Lipinski definition) is 6. The van der Waals surface area contributed by atoms with Crippen molar-refractivity contribution in [1.82, 2.24) is 19.6 Å². The molecule has 1 aliphatic heterocycles. The van der Waals surface area contributed by atoms with Crippen LogP contribution in [0.5, 0.6) is 5.75 Å². The van der Waals surface area contributed by atoms with Crippen LogP contribution in [0.25, 0.3) is 17.0 Å². The molecule has 140 valence electrons. The molecule has 0 saturated carbocycles. The fourth-order valence-corrected chi connectivity index (χ4v) is 3.69. The molecule has 7 heteroatoms. The second-order valence-corrected chi connectivity index (χ2v) is 6.80. The Balaban J connectivity index is 1.45. The number of hydrogen-bond donors (Lipinski definition) is 1. The van der Waals surface area contributed by atoms with E-state index in [-0.39, 0.29) is 0 Å². The molecule has 0 atom stereocenters. The van der Waals surface area contributed by atoms with Gasteiger partial charge in [0, 0.05) is 37.8 Å². The van der Waals surface area contributed by atoms with Crippen LogP contribution >= 0.6 is 0 Å². The lowest BCUT2D eigenvalue weighted by Gasteiger charge is -2.37. The Labute approximate surface area is 162 Å². The third kappa shape index (κ3) is 2.90. The molecule has 4 aromatic rings. The first kappa shape index (κ1) is 16.6. The molecule has 1 fully saturated rings. The zero-order valence-corrected chi connectivity index (χ0v) is 15.3. The number of rotatable bonds is 3. The average Bonchev–Trinajstić information content (AvgIpc) is 3.23. The molecule has 1 saturated heterocycles. The minimum atomic E-state index is 0.324. The maximum absolute atomic E-state index is 10.1. The van der Waals surface area contributed by atoms with E-state index in [1.165, 1.54) is 0 Å². The van der Waals surface area contributed by atoms with Crippen LogP contribution in [0.2, 0.25) is 0 Å². The summed E-state index contributed by atoms with van der Waals surface area (Å²) in [6, 6.07) is 19.7. The van der Waals surface area contributed by atoms with Crippen molar-refractivity contribution >= 4 is 17.3 Å². The quantitative estimate of drug-likeness (QED) is 0.596.